The molecule has 1 heterocycles. The molecule has 0 saturated heterocycles. The maximum Gasteiger partial charge on any atom is 0.344 e. The number of carbonyl (C=O) groups is 1. The first-order valence-corrected chi connectivity index (χ1v) is 6.61. The molecule has 4 nitrogen and oxygen atoms in total. The molecule has 106 valence electrons. The quantitative estimate of drug-likeness (QED) is 0.787. The second kappa shape index (κ2) is 5.32. The van der Waals surface area contributed by atoms with Gasteiger partial charge in [-0.3, -0.25) is 0 Å². The third-order valence-corrected chi connectivity index (χ3v) is 3.27. The van der Waals surface area contributed by atoms with Crippen LogP contribution in [0.5, 0.6) is 5.75 Å². The van der Waals surface area contributed by atoms with Gasteiger partial charge in [0.25, 0.3) is 0 Å². The molecule has 0 fully saturated rings. The van der Waals surface area contributed by atoms with Crippen LogP contribution in [0.15, 0.2) is 59.2 Å². The minimum Gasteiger partial charge on any atom is -0.479 e. The molecule has 0 aliphatic heterocycles. The highest BCUT2D eigenvalue weighted by Gasteiger charge is 2.14. The molecule has 1 unspecified atom stereocenters. The van der Waals surface area contributed by atoms with Gasteiger partial charge >= 0.3 is 5.97 Å². The number of carboxylic acids is 1. The van der Waals surface area contributed by atoms with Crippen LogP contribution in [0.2, 0.25) is 0 Å². The Hall–Kier alpha value is -2.75. The van der Waals surface area contributed by atoms with Gasteiger partial charge in [-0.15, -0.1) is 0 Å². The van der Waals surface area contributed by atoms with E-state index in [1.165, 1.54) is 6.92 Å². The molecular weight excluding hydrogens is 268 g/mol. The van der Waals surface area contributed by atoms with Gasteiger partial charge < -0.3 is 14.3 Å². The van der Waals surface area contributed by atoms with Crippen molar-refractivity contribution in [1.82, 2.24) is 0 Å². The Morgan fingerprint density at radius 2 is 2.00 bits per heavy atom. The van der Waals surface area contributed by atoms with Gasteiger partial charge in [-0.1, -0.05) is 36.4 Å². The van der Waals surface area contributed by atoms with Crippen LogP contribution in [-0.4, -0.2) is 17.2 Å². The summed E-state index contributed by atoms with van der Waals surface area (Å²) in [5, 5.41) is 10.9. The number of benzene rings is 2. The second-order valence-electron chi connectivity index (χ2n) is 4.78. The molecule has 0 saturated carbocycles. The van der Waals surface area contributed by atoms with E-state index in [1.807, 2.05) is 36.4 Å². The van der Waals surface area contributed by atoms with Crippen molar-refractivity contribution < 1.29 is 19.1 Å². The fraction of sp³-hybridized carbons (Fsp3) is 0.118. The molecule has 3 aromatic rings. The van der Waals surface area contributed by atoms with Crippen molar-refractivity contribution in [3.63, 3.8) is 0 Å². The molecule has 1 aromatic heterocycles. The Balaban J connectivity index is 1.98. The fourth-order valence-corrected chi connectivity index (χ4v) is 2.18. The lowest BCUT2D eigenvalue weighted by atomic mass is 10.1. The van der Waals surface area contributed by atoms with Crippen LogP contribution in [0.4, 0.5) is 0 Å². The fourth-order valence-electron chi connectivity index (χ4n) is 2.18. The molecule has 21 heavy (non-hydrogen) atoms. The topological polar surface area (TPSA) is 59.7 Å². The standard InChI is InChI=1S/C17H14O4/c1-11(17(18)19)21-14-7-4-6-12(9-14)16-15-8-3-2-5-13(15)10-20-16/h2-11H,1H3,(H,18,19). The third-order valence-electron chi connectivity index (χ3n) is 3.27. The summed E-state index contributed by atoms with van der Waals surface area (Å²) in [5.41, 5.74) is 0.853. The summed E-state index contributed by atoms with van der Waals surface area (Å²) >= 11 is 0. The molecule has 4 heteroatoms. The summed E-state index contributed by atoms with van der Waals surface area (Å²) in [4.78, 5) is 10.8. The first kappa shape index (κ1) is 13.2. The van der Waals surface area contributed by atoms with Gasteiger partial charge in [0, 0.05) is 16.3 Å². The zero-order valence-electron chi connectivity index (χ0n) is 11.4. The number of hydrogen-bond donors (Lipinski definition) is 1. The Kier molecular flexibility index (Phi) is 3.36. The van der Waals surface area contributed by atoms with Crippen molar-refractivity contribution in [3.8, 4) is 17.1 Å². The smallest absolute Gasteiger partial charge is 0.344 e. The van der Waals surface area contributed by atoms with E-state index in [9.17, 15) is 4.79 Å². The first-order valence-electron chi connectivity index (χ1n) is 6.61. The van der Waals surface area contributed by atoms with Gasteiger partial charge in [-0.05, 0) is 19.1 Å². The van der Waals surface area contributed by atoms with E-state index in [0.717, 1.165) is 22.1 Å². The van der Waals surface area contributed by atoms with Crippen LogP contribution >= 0.6 is 0 Å². The van der Waals surface area contributed by atoms with Crippen LogP contribution in [0.25, 0.3) is 22.1 Å². The monoisotopic (exact) mass is 282 g/mol. The van der Waals surface area contributed by atoms with Crippen molar-refractivity contribution in [3.05, 3.63) is 54.8 Å². The molecule has 1 N–H and O–H groups in total. The van der Waals surface area contributed by atoms with E-state index in [2.05, 4.69) is 0 Å². The van der Waals surface area contributed by atoms with Crippen molar-refractivity contribution in [2.45, 2.75) is 13.0 Å². The van der Waals surface area contributed by atoms with E-state index in [1.54, 1.807) is 18.4 Å². The zero-order valence-corrected chi connectivity index (χ0v) is 11.4. The predicted molar refractivity (Wildman–Crippen MR) is 79.4 cm³/mol. The molecule has 0 spiro atoms. The molecule has 3 rings (SSSR count). The largest absolute Gasteiger partial charge is 0.479 e. The second-order valence-corrected chi connectivity index (χ2v) is 4.78. The van der Waals surface area contributed by atoms with Crippen LogP contribution in [-0.2, 0) is 4.79 Å². The molecule has 1 atom stereocenters. The minimum absolute atomic E-state index is 0.503. The Morgan fingerprint density at radius 1 is 1.19 bits per heavy atom. The number of furan rings is 1. The number of ether oxygens (including phenoxy) is 1. The predicted octanol–water partition coefficient (Wildman–Crippen LogP) is 3.95. The van der Waals surface area contributed by atoms with Crippen LogP contribution in [0.3, 0.4) is 0 Å². The van der Waals surface area contributed by atoms with Crippen LogP contribution < -0.4 is 4.74 Å². The van der Waals surface area contributed by atoms with E-state index in [-0.39, 0.29) is 0 Å². The maximum absolute atomic E-state index is 10.8. The highest BCUT2D eigenvalue weighted by atomic mass is 16.5. The lowest BCUT2D eigenvalue weighted by Crippen LogP contribution is -2.22. The van der Waals surface area contributed by atoms with Crippen molar-refractivity contribution in [2.24, 2.45) is 0 Å². The highest BCUT2D eigenvalue weighted by Crippen LogP contribution is 2.32. The van der Waals surface area contributed by atoms with E-state index in [0.29, 0.717) is 5.75 Å². The summed E-state index contributed by atoms with van der Waals surface area (Å²) in [6, 6.07) is 15.1. The normalized spacial score (nSPS) is 12.2. The summed E-state index contributed by atoms with van der Waals surface area (Å²) in [7, 11) is 0. The minimum atomic E-state index is -0.996. The number of hydrogen-bond acceptors (Lipinski definition) is 3. The zero-order chi connectivity index (χ0) is 14.8. The summed E-state index contributed by atoms with van der Waals surface area (Å²) in [5.74, 6) is 0.255. The molecule has 0 aliphatic rings. The van der Waals surface area contributed by atoms with E-state index < -0.39 is 12.1 Å². The van der Waals surface area contributed by atoms with Crippen molar-refractivity contribution in [1.29, 1.82) is 0 Å². The maximum atomic E-state index is 10.8. The van der Waals surface area contributed by atoms with Gasteiger partial charge in [0.2, 0.25) is 0 Å². The summed E-state index contributed by atoms with van der Waals surface area (Å²) in [6.45, 7) is 1.50. The lowest BCUT2D eigenvalue weighted by molar-refractivity contribution is -0.144. The SMILES string of the molecule is CC(Oc1cccc(-c2occ3ccccc23)c1)C(=O)O. The number of rotatable bonds is 4. The first-order chi connectivity index (χ1) is 10.1. The number of aliphatic carboxylic acids is 1. The Bertz CT molecular complexity index is 788. The van der Waals surface area contributed by atoms with Gasteiger partial charge in [-0.2, -0.15) is 0 Å². The highest BCUT2D eigenvalue weighted by molar-refractivity contribution is 5.94. The average Bonchev–Trinajstić information content (AvgIpc) is 2.91. The van der Waals surface area contributed by atoms with Gasteiger partial charge in [-0.25, -0.2) is 4.79 Å². The molecular formula is C17H14O4. The molecule has 2 aromatic carbocycles. The van der Waals surface area contributed by atoms with Gasteiger partial charge in [0.05, 0.1) is 6.26 Å². The number of fused-ring (bicyclic) bond motifs is 1. The molecule has 0 bridgehead atoms. The lowest BCUT2D eigenvalue weighted by Gasteiger charge is -2.10. The Labute approximate surface area is 121 Å². The summed E-state index contributed by atoms with van der Waals surface area (Å²) < 4.78 is 11.0. The molecule has 0 amide bonds. The van der Waals surface area contributed by atoms with E-state index in [4.69, 9.17) is 14.3 Å². The third kappa shape index (κ3) is 2.60. The summed E-state index contributed by atoms with van der Waals surface area (Å²) in [6.07, 6.45) is 0.812. The van der Waals surface area contributed by atoms with Crippen LogP contribution in [0, 0.1) is 0 Å². The van der Waals surface area contributed by atoms with Gasteiger partial charge in [0.15, 0.2) is 6.10 Å². The van der Waals surface area contributed by atoms with Crippen LogP contribution in [0.1, 0.15) is 6.92 Å². The number of carboxylic acid groups (broad SMARTS) is 1. The van der Waals surface area contributed by atoms with E-state index >= 15 is 0 Å². The van der Waals surface area contributed by atoms with Crippen molar-refractivity contribution >= 4 is 16.7 Å². The van der Waals surface area contributed by atoms with Crippen molar-refractivity contribution in [2.75, 3.05) is 0 Å². The average molecular weight is 282 g/mol. The molecule has 0 aliphatic carbocycles. The Morgan fingerprint density at radius 3 is 2.81 bits per heavy atom. The van der Waals surface area contributed by atoms with Gasteiger partial charge in [0.1, 0.15) is 11.5 Å². The molecule has 0 radical (unpaired) electrons.